The minimum Gasteiger partial charge on any atom is -0.260 e. The van der Waals surface area contributed by atoms with Gasteiger partial charge in [0.25, 0.3) is 0 Å². The Morgan fingerprint density at radius 1 is 1.71 bits per heavy atom. The van der Waals surface area contributed by atoms with E-state index in [1.54, 1.807) is 6.08 Å². The third-order valence-corrected chi connectivity index (χ3v) is 0.492. The van der Waals surface area contributed by atoms with Crippen LogP contribution in [0.1, 0.15) is 6.92 Å². The van der Waals surface area contributed by atoms with Crippen molar-refractivity contribution in [3.05, 3.63) is 24.3 Å². The lowest BCUT2D eigenvalue weighted by atomic mass is 10.3. The molecule has 0 heterocycles. The zero-order chi connectivity index (χ0) is 5.70. The van der Waals surface area contributed by atoms with Crippen LogP contribution in [0.3, 0.4) is 0 Å². The Morgan fingerprint density at radius 3 is 2.43 bits per heavy atom. The minimum absolute atomic E-state index is 1.02. The van der Waals surface area contributed by atoms with Gasteiger partial charge in [-0.05, 0) is 6.92 Å². The van der Waals surface area contributed by atoms with Crippen LogP contribution in [0, 0.1) is 0 Å². The molecule has 0 spiro atoms. The first-order valence-electron chi connectivity index (χ1n) is 2.14. The van der Waals surface area contributed by atoms with Crippen molar-refractivity contribution in [2.24, 2.45) is 0 Å². The topological polar surface area (TPSA) is 25.6 Å². The summed E-state index contributed by atoms with van der Waals surface area (Å²) in [4.78, 5) is 0. The van der Waals surface area contributed by atoms with Crippen molar-refractivity contribution in [1.82, 2.24) is 0 Å². The molecule has 0 aliphatic rings. The first-order valence-corrected chi connectivity index (χ1v) is 2.14. The van der Waals surface area contributed by atoms with Gasteiger partial charge in [-0.15, -0.1) is 0 Å². The van der Waals surface area contributed by atoms with Gasteiger partial charge in [0.05, 0.1) is 0 Å². The van der Waals surface area contributed by atoms with E-state index in [0.29, 0.717) is 0 Å². The highest BCUT2D eigenvalue weighted by Crippen LogP contribution is 1.84. The third kappa shape index (κ3) is 5.15. The van der Waals surface area contributed by atoms with Crippen molar-refractivity contribution < 1.29 is 5.41 Å². The average Bonchev–Trinajstić information content (AvgIpc) is 1.61. The predicted molar refractivity (Wildman–Crippen MR) is 31.9 cm³/mol. The molecule has 0 unspecified atom stereocenters. The Balaban J connectivity index is 3.46. The molecule has 0 aliphatic carbocycles. The summed E-state index contributed by atoms with van der Waals surface area (Å²) in [6.07, 6.45) is 5.08. The molecule has 0 saturated carbocycles. The first-order chi connectivity index (χ1) is 3.27. The number of rotatable bonds is 2. The smallest absolute Gasteiger partial charge is 0.160 e. The summed E-state index contributed by atoms with van der Waals surface area (Å²) < 4.78 is 0. The molecule has 0 bridgehead atoms. The van der Waals surface area contributed by atoms with Crippen LogP contribution < -0.4 is 5.41 Å². The standard InChI is InChI=1S/C6H9N/c1-6(2)4-3-5-7/h3-5,7H,1H2,2H3/p+1. The van der Waals surface area contributed by atoms with E-state index in [0.717, 1.165) is 5.57 Å². The second-order valence-electron chi connectivity index (χ2n) is 1.40. The van der Waals surface area contributed by atoms with Crippen LogP contribution in [-0.2, 0) is 0 Å². The molecule has 38 valence electrons. The van der Waals surface area contributed by atoms with Gasteiger partial charge in [0.15, 0.2) is 6.21 Å². The van der Waals surface area contributed by atoms with E-state index in [4.69, 9.17) is 5.41 Å². The van der Waals surface area contributed by atoms with E-state index >= 15 is 0 Å². The fourth-order valence-electron chi connectivity index (χ4n) is 0.220. The fourth-order valence-corrected chi connectivity index (χ4v) is 0.220. The van der Waals surface area contributed by atoms with E-state index in [1.807, 2.05) is 13.0 Å². The lowest BCUT2D eigenvalue weighted by Crippen LogP contribution is -2.28. The van der Waals surface area contributed by atoms with Crippen molar-refractivity contribution in [3.63, 3.8) is 0 Å². The Hall–Kier alpha value is -0.850. The molecule has 0 radical (unpaired) electrons. The summed E-state index contributed by atoms with van der Waals surface area (Å²) in [5.41, 5.74) is 1.02. The molecule has 2 N–H and O–H groups in total. The van der Waals surface area contributed by atoms with E-state index in [1.165, 1.54) is 6.21 Å². The van der Waals surface area contributed by atoms with Crippen molar-refractivity contribution >= 4 is 6.21 Å². The number of nitrogens with two attached hydrogens (primary N) is 1. The van der Waals surface area contributed by atoms with Gasteiger partial charge in [-0.25, -0.2) is 0 Å². The Morgan fingerprint density at radius 2 is 2.29 bits per heavy atom. The van der Waals surface area contributed by atoms with Crippen molar-refractivity contribution in [2.75, 3.05) is 0 Å². The van der Waals surface area contributed by atoms with Crippen LogP contribution >= 0.6 is 0 Å². The third-order valence-electron chi connectivity index (χ3n) is 0.492. The van der Waals surface area contributed by atoms with Gasteiger partial charge in [0.2, 0.25) is 0 Å². The summed E-state index contributed by atoms with van der Waals surface area (Å²) in [6.45, 7) is 5.55. The second kappa shape index (κ2) is 3.34. The van der Waals surface area contributed by atoms with E-state index in [9.17, 15) is 0 Å². The Labute approximate surface area is 43.9 Å². The van der Waals surface area contributed by atoms with Crippen LogP contribution in [0.25, 0.3) is 0 Å². The van der Waals surface area contributed by atoms with Gasteiger partial charge in [-0.2, -0.15) is 0 Å². The highest BCUT2D eigenvalue weighted by molar-refractivity contribution is 5.65. The van der Waals surface area contributed by atoms with E-state index < -0.39 is 0 Å². The molecule has 0 amide bonds. The second-order valence-corrected chi connectivity index (χ2v) is 1.40. The maximum Gasteiger partial charge on any atom is 0.160 e. The van der Waals surface area contributed by atoms with Crippen LogP contribution in [0.5, 0.6) is 0 Å². The van der Waals surface area contributed by atoms with Crippen LogP contribution in [0.15, 0.2) is 24.3 Å². The summed E-state index contributed by atoms with van der Waals surface area (Å²) >= 11 is 0. The first kappa shape index (κ1) is 6.15. The monoisotopic (exact) mass is 96.1 g/mol. The molecule has 0 fully saturated rings. The molecule has 0 rings (SSSR count). The van der Waals surface area contributed by atoms with E-state index in [-0.39, 0.29) is 0 Å². The lowest BCUT2D eigenvalue weighted by Gasteiger charge is -1.75. The minimum atomic E-state index is 1.02. The van der Waals surface area contributed by atoms with Gasteiger partial charge in [-0.3, -0.25) is 5.41 Å². The van der Waals surface area contributed by atoms with Gasteiger partial charge < -0.3 is 0 Å². The van der Waals surface area contributed by atoms with Gasteiger partial charge in [-0.1, -0.05) is 18.2 Å². The lowest BCUT2D eigenvalue weighted by molar-refractivity contribution is -0.104. The van der Waals surface area contributed by atoms with E-state index in [2.05, 4.69) is 6.58 Å². The molecule has 1 nitrogen and oxygen atoms in total. The zero-order valence-electron chi connectivity index (χ0n) is 4.52. The largest absolute Gasteiger partial charge is 0.260 e. The summed E-state index contributed by atoms with van der Waals surface area (Å²) in [5.74, 6) is 0. The van der Waals surface area contributed by atoms with Gasteiger partial charge in [0.1, 0.15) is 0 Å². The molecule has 7 heavy (non-hydrogen) atoms. The summed E-state index contributed by atoms with van der Waals surface area (Å²) in [6, 6.07) is 0. The maximum atomic E-state index is 5.02. The molecule has 0 saturated heterocycles. The summed E-state index contributed by atoms with van der Waals surface area (Å²) in [5, 5.41) is 5.02. The molecule has 0 aromatic carbocycles. The SMILES string of the molecule is C=C(C)C=CC=[NH2+]. The van der Waals surface area contributed by atoms with Gasteiger partial charge >= 0.3 is 0 Å². The molecule has 0 aromatic heterocycles. The average molecular weight is 96.2 g/mol. The molecular weight excluding hydrogens is 86.1 g/mol. The highest BCUT2D eigenvalue weighted by Gasteiger charge is 1.68. The number of allylic oxidation sites excluding steroid dienone is 3. The van der Waals surface area contributed by atoms with Crippen molar-refractivity contribution in [2.45, 2.75) is 6.92 Å². The van der Waals surface area contributed by atoms with Crippen LogP contribution in [0.2, 0.25) is 0 Å². The quantitative estimate of drug-likeness (QED) is 0.368. The van der Waals surface area contributed by atoms with Crippen molar-refractivity contribution in [1.29, 1.82) is 0 Å². The maximum absolute atomic E-state index is 5.02. The fraction of sp³-hybridized carbons (Fsp3) is 0.167. The molecule has 0 atom stereocenters. The number of hydrogen-bond acceptors (Lipinski definition) is 0. The molecule has 1 heteroatoms. The molecular formula is C6H10N+. The van der Waals surface area contributed by atoms with Gasteiger partial charge in [0, 0.05) is 6.08 Å². The van der Waals surface area contributed by atoms with Crippen molar-refractivity contribution in [3.8, 4) is 0 Å². The van der Waals surface area contributed by atoms with Crippen LogP contribution in [-0.4, -0.2) is 6.21 Å². The van der Waals surface area contributed by atoms with Crippen LogP contribution in [0.4, 0.5) is 0 Å². The highest BCUT2D eigenvalue weighted by atomic mass is 14.3. The molecule has 0 aromatic rings. The summed E-state index contributed by atoms with van der Waals surface area (Å²) in [7, 11) is 0. The zero-order valence-corrected chi connectivity index (χ0v) is 4.52. The number of hydrogen-bond donors (Lipinski definition) is 1. The Bertz CT molecular complexity index is 101. The molecule has 0 aliphatic heterocycles. The predicted octanol–water partition coefficient (Wildman–Crippen LogP) is -0.0514. The normalized spacial score (nSPS) is 9.29. The Kier molecular flexibility index (Phi) is 2.94.